The second-order valence-corrected chi connectivity index (χ2v) is 9.83. The van der Waals surface area contributed by atoms with E-state index in [1.54, 1.807) is 0 Å². The van der Waals surface area contributed by atoms with E-state index in [1.807, 2.05) is 0 Å². The van der Waals surface area contributed by atoms with Crippen LogP contribution in [-0.2, 0) is 9.59 Å². The van der Waals surface area contributed by atoms with Crippen LogP contribution in [0.3, 0.4) is 0 Å². The monoisotopic (exact) mass is 325 g/mol. The summed E-state index contributed by atoms with van der Waals surface area (Å²) in [6.07, 6.45) is 5.96. The number of allylic oxidation sites excluding steroid dienone is 2. The predicted octanol–water partition coefficient (Wildman–Crippen LogP) is 2.99. The summed E-state index contributed by atoms with van der Waals surface area (Å²) in [6.45, 7) is 7.04. The molecule has 2 saturated carbocycles. The van der Waals surface area contributed by atoms with Crippen LogP contribution < -0.4 is 0 Å². The zero-order valence-corrected chi connectivity index (χ0v) is 14.8. The van der Waals surface area contributed by atoms with Crippen molar-refractivity contribution in [3.63, 3.8) is 0 Å². The van der Waals surface area contributed by atoms with E-state index in [0.29, 0.717) is 41.8 Å². The number of hydrogen-bond donors (Lipinski definition) is 0. The minimum Gasteiger partial charge on any atom is -0.299 e. The molecular formula is C21H27NO2. The van der Waals surface area contributed by atoms with Crippen LogP contribution >= 0.6 is 0 Å². The predicted molar refractivity (Wildman–Crippen MR) is 90.3 cm³/mol. The number of piperidine rings is 1. The van der Waals surface area contributed by atoms with Gasteiger partial charge in [0.05, 0.1) is 5.41 Å². The highest BCUT2D eigenvalue weighted by Gasteiger charge is 2.74. The maximum Gasteiger partial charge on any atom is 0.159 e. The van der Waals surface area contributed by atoms with Gasteiger partial charge in [0, 0.05) is 36.9 Å². The van der Waals surface area contributed by atoms with Crippen molar-refractivity contribution in [3.8, 4) is 0 Å². The smallest absolute Gasteiger partial charge is 0.159 e. The van der Waals surface area contributed by atoms with E-state index in [1.165, 1.54) is 18.5 Å². The van der Waals surface area contributed by atoms with Crippen LogP contribution in [0.5, 0.6) is 0 Å². The fourth-order valence-corrected chi connectivity index (χ4v) is 8.43. The van der Waals surface area contributed by atoms with Gasteiger partial charge in [-0.1, -0.05) is 13.8 Å². The van der Waals surface area contributed by atoms with E-state index < -0.39 is 0 Å². The molecule has 0 aromatic heterocycles. The summed E-state index contributed by atoms with van der Waals surface area (Å²) < 4.78 is 0. The molecule has 3 nitrogen and oxygen atoms in total. The summed E-state index contributed by atoms with van der Waals surface area (Å²) in [6, 6.07) is 0.572. The third-order valence-electron chi connectivity index (χ3n) is 9.37. The Morgan fingerprint density at radius 3 is 2.83 bits per heavy atom. The molecule has 0 aromatic carbocycles. The van der Waals surface area contributed by atoms with Crippen molar-refractivity contribution < 1.29 is 9.59 Å². The van der Waals surface area contributed by atoms with E-state index in [4.69, 9.17) is 0 Å². The van der Waals surface area contributed by atoms with Crippen molar-refractivity contribution in [1.29, 1.82) is 0 Å². The average Bonchev–Trinajstić information content (AvgIpc) is 3.15. The molecule has 4 fully saturated rings. The lowest BCUT2D eigenvalue weighted by atomic mass is 9.45. The minimum absolute atomic E-state index is 0.0805. The molecule has 2 bridgehead atoms. The molecule has 4 aliphatic carbocycles. The molecule has 6 aliphatic rings. The Hall–Kier alpha value is -0.960. The van der Waals surface area contributed by atoms with Crippen LogP contribution in [0.15, 0.2) is 11.1 Å². The van der Waals surface area contributed by atoms with E-state index in [0.717, 1.165) is 37.8 Å². The molecule has 2 saturated heterocycles. The van der Waals surface area contributed by atoms with Crippen molar-refractivity contribution >= 4 is 11.6 Å². The van der Waals surface area contributed by atoms with Crippen LogP contribution in [0.4, 0.5) is 0 Å². The summed E-state index contributed by atoms with van der Waals surface area (Å²) in [4.78, 5) is 29.3. The summed E-state index contributed by atoms with van der Waals surface area (Å²) in [5, 5.41) is 0. The zero-order chi connectivity index (χ0) is 16.4. The van der Waals surface area contributed by atoms with Gasteiger partial charge in [-0.05, 0) is 61.0 Å². The Kier molecular flexibility index (Phi) is 2.41. The largest absolute Gasteiger partial charge is 0.299 e. The van der Waals surface area contributed by atoms with E-state index in [9.17, 15) is 9.59 Å². The molecule has 0 N–H and O–H groups in total. The Balaban J connectivity index is 1.66. The van der Waals surface area contributed by atoms with E-state index in [2.05, 4.69) is 18.7 Å². The van der Waals surface area contributed by atoms with Gasteiger partial charge in [-0.15, -0.1) is 0 Å². The average molecular weight is 325 g/mol. The van der Waals surface area contributed by atoms with Gasteiger partial charge in [0.2, 0.25) is 0 Å². The van der Waals surface area contributed by atoms with Crippen LogP contribution in [0, 0.1) is 34.5 Å². The van der Waals surface area contributed by atoms with Gasteiger partial charge in [0.1, 0.15) is 5.78 Å². The Bertz CT molecular complexity index is 723. The van der Waals surface area contributed by atoms with Crippen molar-refractivity contribution in [2.24, 2.45) is 34.5 Å². The third kappa shape index (κ3) is 1.23. The highest BCUT2D eigenvalue weighted by atomic mass is 16.1. The van der Waals surface area contributed by atoms with Gasteiger partial charge in [-0.25, -0.2) is 0 Å². The summed E-state index contributed by atoms with van der Waals surface area (Å²) in [7, 11) is 0. The SMILES string of the molecule is C[C@@H]1CN2C[C@H]3CC[C@@H]4CC(=O)C5=C4[C@@]4(CC5)C(=O)C1CC2[C@@]34C. The Morgan fingerprint density at radius 2 is 2.00 bits per heavy atom. The summed E-state index contributed by atoms with van der Waals surface area (Å²) in [5.41, 5.74) is 2.27. The first-order chi connectivity index (χ1) is 11.5. The lowest BCUT2D eigenvalue weighted by Crippen LogP contribution is -2.65. The van der Waals surface area contributed by atoms with Crippen molar-refractivity contribution in [1.82, 2.24) is 4.90 Å². The Labute approximate surface area is 143 Å². The number of fused-ring (bicyclic) bond motifs is 1. The van der Waals surface area contributed by atoms with Gasteiger partial charge in [0.25, 0.3) is 0 Å². The first-order valence-corrected chi connectivity index (χ1v) is 10.0. The standard InChI is InChI=1S/C21H27NO2/c1-11-9-22-10-13-4-3-12-7-16(23)14-5-6-21(18(12)14)19(24)15(11)8-17(22)20(13,21)2/h11-13,15,17H,3-10H2,1-2H3/t11-,12-,13-,15?,17?,20-,21+/m1/s1. The maximum absolute atomic E-state index is 14.0. The highest BCUT2D eigenvalue weighted by molar-refractivity contribution is 6.04. The number of rotatable bonds is 0. The molecule has 0 radical (unpaired) electrons. The van der Waals surface area contributed by atoms with Crippen molar-refractivity contribution in [3.05, 3.63) is 11.1 Å². The summed E-state index contributed by atoms with van der Waals surface area (Å²) in [5.74, 6) is 2.68. The molecule has 1 spiro atoms. The number of Topliss-reactive ketones (excluding diaryl/α,β-unsaturated/α-hetero) is 2. The number of hydrogen-bond acceptors (Lipinski definition) is 3. The molecule has 128 valence electrons. The molecule has 6 rings (SSSR count). The number of ketones is 2. The summed E-state index contributed by atoms with van der Waals surface area (Å²) >= 11 is 0. The van der Waals surface area contributed by atoms with Crippen LogP contribution in [0.1, 0.15) is 52.4 Å². The quantitative estimate of drug-likeness (QED) is 0.687. The normalized spacial score (nSPS) is 55.2. The molecule has 24 heavy (non-hydrogen) atoms. The second kappa shape index (κ2) is 4.06. The van der Waals surface area contributed by atoms with Gasteiger partial charge >= 0.3 is 0 Å². The fourth-order valence-electron chi connectivity index (χ4n) is 8.43. The van der Waals surface area contributed by atoms with Crippen LogP contribution in [0.25, 0.3) is 0 Å². The maximum atomic E-state index is 14.0. The lowest BCUT2D eigenvalue weighted by molar-refractivity contribution is -0.157. The van der Waals surface area contributed by atoms with E-state index in [-0.39, 0.29) is 16.7 Å². The molecule has 2 heterocycles. The zero-order valence-electron chi connectivity index (χ0n) is 14.8. The van der Waals surface area contributed by atoms with Crippen LogP contribution in [0.2, 0.25) is 0 Å². The molecule has 0 aromatic rings. The molecular weight excluding hydrogens is 298 g/mol. The molecule has 0 amide bonds. The van der Waals surface area contributed by atoms with Gasteiger partial charge < -0.3 is 0 Å². The molecule has 2 unspecified atom stereocenters. The third-order valence-corrected chi connectivity index (χ3v) is 9.37. The topological polar surface area (TPSA) is 37.4 Å². The fraction of sp³-hybridized carbons (Fsp3) is 0.810. The molecule has 2 aliphatic heterocycles. The second-order valence-electron chi connectivity index (χ2n) is 9.83. The number of carbonyl (C=O) groups is 2. The highest BCUT2D eigenvalue weighted by Crippen LogP contribution is 2.73. The lowest BCUT2D eigenvalue weighted by Gasteiger charge is -2.59. The number of carbonyl (C=O) groups excluding carboxylic acids is 2. The van der Waals surface area contributed by atoms with Crippen molar-refractivity contribution in [2.75, 3.05) is 13.1 Å². The Morgan fingerprint density at radius 1 is 1.17 bits per heavy atom. The number of nitrogens with zero attached hydrogens (tertiary/aromatic N) is 1. The van der Waals surface area contributed by atoms with Gasteiger partial charge in [-0.2, -0.15) is 0 Å². The first-order valence-electron chi connectivity index (χ1n) is 10.0. The van der Waals surface area contributed by atoms with E-state index >= 15 is 0 Å². The molecule has 3 heteroatoms. The van der Waals surface area contributed by atoms with Crippen molar-refractivity contribution in [2.45, 2.75) is 58.4 Å². The van der Waals surface area contributed by atoms with Crippen LogP contribution in [-0.4, -0.2) is 35.6 Å². The van der Waals surface area contributed by atoms with Gasteiger partial charge in [0.15, 0.2) is 5.78 Å². The molecule has 7 atom stereocenters. The van der Waals surface area contributed by atoms with Gasteiger partial charge in [-0.3, -0.25) is 14.5 Å². The minimum atomic E-state index is -0.280. The first kappa shape index (κ1) is 14.2.